The lowest BCUT2D eigenvalue weighted by molar-refractivity contribution is -0.147. The van der Waals surface area contributed by atoms with Crippen LogP contribution < -0.4 is 16.4 Å². The topological polar surface area (TPSA) is 128 Å². The maximum Gasteiger partial charge on any atom is 0.243 e. The Bertz CT molecular complexity index is 448. The van der Waals surface area contributed by atoms with Crippen molar-refractivity contribution >= 4 is 23.7 Å². The number of unbranched alkanes of at least 4 members (excludes halogenated alkanes) is 1. The third kappa shape index (κ3) is 6.25. The van der Waals surface area contributed by atoms with Crippen molar-refractivity contribution in [2.75, 3.05) is 13.1 Å². The maximum absolute atomic E-state index is 12.4. The number of rotatable bonds is 9. The van der Waals surface area contributed by atoms with Crippen LogP contribution >= 0.6 is 0 Å². The van der Waals surface area contributed by atoms with Crippen LogP contribution in [0.15, 0.2) is 0 Å². The zero-order valence-electron chi connectivity index (χ0n) is 13.9. The Hall–Kier alpha value is -2.12. The van der Waals surface area contributed by atoms with Gasteiger partial charge in [-0.25, -0.2) is 0 Å². The third-order valence-electron chi connectivity index (χ3n) is 3.62. The zero-order chi connectivity index (χ0) is 17.4. The van der Waals surface area contributed by atoms with Crippen molar-refractivity contribution in [3.8, 4) is 0 Å². The number of carbonyl (C=O) groups is 3. The number of carbonyl (C=O) groups excluding carboxylic acids is 3. The van der Waals surface area contributed by atoms with Gasteiger partial charge >= 0.3 is 0 Å². The number of nitrogens with zero attached hydrogens (tertiary/aromatic N) is 1. The summed E-state index contributed by atoms with van der Waals surface area (Å²) in [5, 5.41) is 12.5. The summed E-state index contributed by atoms with van der Waals surface area (Å²) in [6, 6.07) is -0.715. The molecule has 1 atom stereocenters. The fraction of sp³-hybridized carbons (Fsp3) is 0.733. The van der Waals surface area contributed by atoms with E-state index in [0.29, 0.717) is 19.5 Å². The molecule has 1 aliphatic rings. The number of hydrogen-bond acceptors (Lipinski definition) is 4. The normalized spacial score (nSPS) is 15.9. The van der Waals surface area contributed by atoms with Gasteiger partial charge in [-0.2, -0.15) is 0 Å². The predicted molar refractivity (Wildman–Crippen MR) is 86.5 cm³/mol. The number of nitrogens with one attached hydrogen (secondary N) is 3. The first-order valence-electron chi connectivity index (χ1n) is 8.03. The quantitative estimate of drug-likeness (QED) is 0.204. The average molecular weight is 325 g/mol. The van der Waals surface area contributed by atoms with Gasteiger partial charge < -0.3 is 16.4 Å². The van der Waals surface area contributed by atoms with Crippen LogP contribution in [0.4, 0.5) is 0 Å². The first kappa shape index (κ1) is 18.9. The molecule has 3 amide bonds. The zero-order valence-corrected chi connectivity index (χ0v) is 13.9. The fourth-order valence-corrected chi connectivity index (χ4v) is 2.52. The number of hydrogen-bond donors (Lipinski definition) is 4. The highest BCUT2D eigenvalue weighted by Crippen LogP contribution is 2.20. The maximum atomic E-state index is 12.4. The molecule has 8 nitrogen and oxygen atoms in total. The highest BCUT2D eigenvalue weighted by atomic mass is 16.2. The molecule has 0 radical (unpaired) electrons. The van der Waals surface area contributed by atoms with Gasteiger partial charge in [0.05, 0.1) is 0 Å². The Morgan fingerprint density at radius 2 is 1.70 bits per heavy atom. The van der Waals surface area contributed by atoms with Crippen molar-refractivity contribution in [2.24, 2.45) is 11.7 Å². The smallest absolute Gasteiger partial charge is 0.243 e. The highest BCUT2D eigenvalue weighted by molar-refractivity contribution is 6.05. The number of amides is 3. The Kier molecular flexibility index (Phi) is 7.50. The van der Waals surface area contributed by atoms with Crippen molar-refractivity contribution in [3.63, 3.8) is 0 Å². The molecule has 0 aliphatic carbocycles. The summed E-state index contributed by atoms with van der Waals surface area (Å²) in [7, 11) is 0. The van der Waals surface area contributed by atoms with Crippen LogP contribution in [0.5, 0.6) is 0 Å². The number of likely N-dealkylation sites (tertiary alicyclic amines) is 1. The molecule has 0 unspecified atom stereocenters. The van der Waals surface area contributed by atoms with Crippen molar-refractivity contribution in [1.29, 1.82) is 5.41 Å². The summed E-state index contributed by atoms with van der Waals surface area (Å²) >= 11 is 0. The van der Waals surface area contributed by atoms with Crippen molar-refractivity contribution in [2.45, 2.75) is 52.0 Å². The lowest BCUT2D eigenvalue weighted by atomic mass is 10.0. The minimum absolute atomic E-state index is 0.0721. The Morgan fingerprint density at radius 1 is 1.17 bits per heavy atom. The van der Waals surface area contributed by atoms with Crippen LogP contribution in [-0.4, -0.2) is 47.7 Å². The third-order valence-corrected chi connectivity index (χ3v) is 3.62. The van der Waals surface area contributed by atoms with Crippen LogP contribution in [0, 0.1) is 11.3 Å². The number of imide groups is 1. The van der Waals surface area contributed by atoms with E-state index in [1.807, 2.05) is 13.8 Å². The van der Waals surface area contributed by atoms with Crippen LogP contribution in [0.3, 0.4) is 0 Å². The molecule has 1 rings (SSSR count). The summed E-state index contributed by atoms with van der Waals surface area (Å²) in [4.78, 5) is 37.3. The molecule has 0 bridgehead atoms. The van der Waals surface area contributed by atoms with Gasteiger partial charge in [-0.1, -0.05) is 13.8 Å². The molecule has 0 saturated carbocycles. The molecule has 1 fully saturated rings. The highest BCUT2D eigenvalue weighted by Gasteiger charge is 2.38. The van der Waals surface area contributed by atoms with E-state index in [1.165, 1.54) is 0 Å². The summed E-state index contributed by atoms with van der Waals surface area (Å²) in [5.74, 6) is -0.673. The predicted octanol–water partition coefficient (Wildman–Crippen LogP) is -0.0704. The summed E-state index contributed by atoms with van der Waals surface area (Å²) in [6.45, 7) is 4.95. The first-order valence-corrected chi connectivity index (χ1v) is 8.03. The van der Waals surface area contributed by atoms with E-state index in [4.69, 9.17) is 11.1 Å². The SMILES string of the molecule is CC(C)C[C@@H](C(=O)NCCCCNC(=N)N)N1C(=O)CCC1=O. The monoisotopic (exact) mass is 325 g/mol. The van der Waals surface area contributed by atoms with Gasteiger partial charge in [-0.15, -0.1) is 0 Å². The Labute approximate surface area is 136 Å². The molecule has 0 aromatic heterocycles. The second kappa shape index (κ2) is 9.12. The van der Waals surface area contributed by atoms with E-state index >= 15 is 0 Å². The standard InChI is InChI=1S/C15H27N5O3/c1-10(2)9-11(20-12(21)5-6-13(20)22)14(23)18-7-3-4-8-19-15(16)17/h10-11H,3-9H2,1-2H3,(H,18,23)(H4,16,17,19)/t11-/m0/s1. The Balaban J connectivity index is 2.48. The lowest BCUT2D eigenvalue weighted by Crippen LogP contribution is -2.50. The number of guanidine groups is 1. The average Bonchev–Trinajstić information content (AvgIpc) is 2.78. The molecular formula is C15H27N5O3. The molecule has 5 N–H and O–H groups in total. The van der Waals surface area contributed by atoms with E-state index in [1.54, 1.807) is 0 Å². The molecule has 1 heterocycles. The van der Waals surface area contributed by atoms with E-state index in [0.717, 1.165) is 17.7 Å². The molecule has 0 aromatic rings. The van der Waals surface area contributed by atoms with Crippen LogP contribution in [0.2, 0.25) is 0 Å². The summed E-state index contributed by atoms with van der Waals surface area (Å²) in [5.41, 5.74) is 5.17. The minimum atomic E-state index is -0.715. The van der Waals surface area contributed by atoms with Gasteiger partial charge in [0.2, 0.25) is 17.7 Å². The van der Waals surface area contributed by atoms with Crippen LogP contribution in [-0.2, 0) is 14.4 Å². The lowest BCUT2D eigenvalue weighted by Gasteiger charge is -2.26. The van der Waals surface area contributed by atoms with Gasteiger partial charge in [0.1, 0.15) is 6.04 Å². The van der Waals surface area contributed by atoms with Gasteiger partial charge in [0.15, 0.2) is 5.96 Å². The second-order valence-corrected chi connectivity index (χ2v) is 6.14. The van der Waals surface area contributed by atoms with Gasteiger partial charge in [-0.05, 0) is 25.2 Å². The van der Waals surface area contributed by atoms with Crippen molar-refractivity contribution < 1.29 is 14.4 Å². The van der Waals surface area contributed by atoms with E-state index in [9.17, 15) is 14.4 Å². The minimum Gasteiger partial charge on any atom is -0.370 e. The van der Waals surface area contributed by atoms with Crippen molar-refractivity contribution in [3.05, 3.63) is 0 Å². The summed E-state index contributed by atoms with van der Waals surface area (Å²) < 4.78 is 0. The van der Waals surface area contributed by atoms with Crippen molar-refractivity contribution in [1.82, 2.24) is 15.5 Å². The molecule has 0 spiro atoms. The number of nitrogens with two attached hydrogens (primary N) is 1. The molecule has 8 heteroatoms. The molecule has 1 aliphatic heterocycles. The van der Waals surface area contributed by atoms with Crippen LogP contribution in [0.25, 0.3) is 0 Å². The van der Waals surface area contributed by atoms with E-state index in [2.05, 4.69) is 10.6 Å². The molecule has 0 aromatic carbocycles. The van der Waals surface area contributed by atoms with Gasteiger partial charge in [-0.3, -0.25) is 24.7 Å². The second-order valence-electron chi connectivity index (χ2n) is 6.14. The first-order chi connectivity index (χ1) is 10.8. The molecule has 130 valence electrons. The molecule has 1 saturated heterocycles. The van der Waals surface area contributed by atoms with Gasteiger partial charge in [0.25, 0.3) is 0 Å². The van der Waals surface area contributed by atoms with E-state index in [-0.39, 0.29) is 42.4 Å². The largest absolute Gasteiger partial charge is 0.370 e. The van der Waals surface area contributed by atoms with Crippen LogP contribution in [0.1, 0.15) is 46.0 Å². The summed E-state index contributed by atoms with van der Waals surface area (Å²) in [6.07, 6.45) is 2.34. The molecule has 23 heavy (non-hydrogen) atoms. The van der Waals surface area contributed by atoms with Gasteiger partial charge in [0, 0.05) is 25.9 Å². The fourth-order valence-electron chi connectivity index (χ4n) is 2.52. The Morgan fingerprint density at radius 3 is 2.17 bits per heavy atom. The van der Waals surface area contributed by atoms with E-state index < -0.39 is 6.04 Å². The molecular weight excluding hydrogens is 298 g/mol.